The van der Waals surface area contributed by atoms with Crippen LogP contribution in [0.3, 0.4) is 0 Å². The van der Waals surface area contributed by atoms with E-state index in [1.165, 1.54) is 17.1 Å². The summed E-state index contributed by atoms with van der Waals surface area (Å²) in [7, 11) is 1.72. The maximum atomic E-state index is 11.0. The lowest BCUT2D eigenvalue weighted by Gasteiger charge is -1.97. The van der Waals surface area contributed by atoms with Gasteiger partial charge in [0.15, 0.2) is 5.69 Å². The minimum absolute atomic E-state index is 0.0860. The summed E-state index contributed by atoms with van der Waals surface area (Å²) in [5.41, 5.74) is 5.80. The number of hydrogen-bond acceptors (Lipinski definition) is 5. The van der Waals surface area contributed by atoms with Gasteiger partial charge in [-0.05, 0) is 6.42 Å². The van der Waals surface area contributed by atoms with E-state index in [0.29, 0.717) is 18.5 Å². The molecule has 0 radical (unpaired) electrons. The molecule has 2 aromatic rings. The Bertz CT molecular complexity index is 644. The monoisotopic (exact) mass is 278 g/mol. The quantitative estimate of drug-likeness (QED) is 0.607. The molecule has 0 unspecified atom stereocenters. The van der Waals surface area contributed by atoms with Crippen molar-refractivity contribution in [1.82, 2.24) is 19.6 Å². The maximum Gasteiger partial charge on any atom is 0.315 e. The van der Waals surface area contributed by atoms with Crippen LogP contribution < -0.4 is 5.73 Å². The highest BCUT2D eigenvalue weighted by atomic mass is 16.6. The molecule has 20 heavy (non-hydrogen) atoms. The molecule has 0 spiro atoms. The molecular weight excluding hydrogens is 264 g/mol. The Balaban J connectivity index is 2.24. The second kappa shape index (κ2) is 5.51. The van der Waals surface area contributed by atoms with Crippen LogP contribution in [0.15, 0.2) is 18.6 Å². The molecule has 2 heterocycles. The highest BCUT2D eigenvalue weighted by Crippen LogP contribution is 2.27. The summed E-state index contributed by atoms with van der Waals surface area (Å²) >= 11 is 0. The van der Waals surface area contributed by atoms with Crippen molar-refractivity contribution in [2.75, 3.05) is 0 Å². The number of nitrogens with zero attached hydrogens (tertiary/aromatic N) is 5. The Kier molecular flexibility index (Phi) is 3.78. The van der Waals surface area contributed by atoms with Crippen molar-refractivity contribution in [3.8, 4) is 11.3 Å². The zero-order valence-electron chi connectivity index (χ0n) is 10.9. The normalized spacial score (nSPS) is 10.7. The molecule has 9 heteroatoms. The number of carbonyl (C=O) groups is 1. The van der Waals surface area contributed by atoms with Crippen molar-refractivity contribution in [3.05, 3.63) is 28.7 Å². The van der Waals surface area contributed by atoms with Crippen LogP contribution in [-0.4, -0.2) is 30.4 Å². The molecule has 9 nitrogen and oxygen atoms in total. The smallest absolute Gasteiger partial charge is 0.315 e. The first-order chi connectivity index (χ1) is 9.47. The van der Waals surface area contributed by atoms with Gasteiger partial charge < -0.3 is 5.73 Å². The molecule has 106 valence electrons. The fourth-order valence-corrected chi connectivity index (χ4v) is 1.82. The van der Waals surface area contributed by atoms with Crippen LogP contribution in [0.1, 0.15) is 12.8 Å². The molecule has 0 fully saturated rings. The lowest BCUT2D eigenvalue weighted by atomic mass is 10.2. The standard InChI is InChI=1S/C11H14N6O3/c1-15-6-8(5-13-15)11-9(17(19)20)7-16(14-11)4-2-3-10(12)18/h5-7H,2-4H2,1H3,(H2,12,18). The number of aromatic nitrogens is 4. The van der Waals surface area contributed by atoms with E-state index >= 15 is 0 Å². The molecule has 2 aromatic heterocycles. The lowest BCUT2D eigenvalue weighted by molar-refractivity contribution is -0.384. The molecule has 0 aliphatic rings. The zero-order chi connectivity index (χ0) is 14.7. The summed E-state index contributed by atoms with van der Waals surface area (Å²) in [5.74, 6) is -0.404. The van der Waals surface area contributed by atoms with E-state index in [-0.39, 0.29) is 17.8 Å². The first-order valence-corrected chi connectivity index (χ1v) is 5.96. The lowest BCUT2D eigenvalue weighted by Crippen LogP contribution is -2.11. The minimum Gasteiger partial charge on any atom is -0.370 e. The van der Waals surface area contributed by atoms with E-state index in [9.17, 15) is 14.9 Å². The second-order valence-corrected chi connectivity index (χ2v) is 4.36. The van der Waals surface area contributed by atoms with E-state index < -0.39 is 10.8 Å². The van der Waals surface area contributed by atoms with Crippen LogP contribution in [0.25, 0.3) is 11.3 Å². The summed E-state index contributed by atoms with van der Waals surface area (Å²) in [6.45, 7) is 0.393. The molecule has 2 N–H and O–H groups in total. The van der Waals surface area contributed by atoms with Gasteiger partial charge in [0.2, 0.25) is 5.91 Å². The predicted octanol–water partition coefficient (Wildman–Crippen LogP) is 0.457. The molecule has 0 saturated carbocycles. The van der Waals surface area contributed by atoms with Crippen molar-refractivity contribution < 1.29 is 9.72 Å². The second-order valence-electron chi connectivity index (χ2n) is 4.36. The largest absolute Gasteiger partial charge is 0.370 e. The number of primary amides is 1. The summed E-state index contributed by atoms with van der Waals surface area (Å²) in [4.78, 5) is 21.2. The van der Waals surface area contributed by atoms with Crippen LogP contribution in [0.4, 0.5) is 5.69 Å². The molecule has 0 aromatic carbocycles. The average Bonchev–Trinajstić information content (AvgIpc) is 2.94. The van der Waals surface area contributed by atoms with Gasteiger partial charge in [0.1, 0.15) is 6.20 Å². The number of hydrogen-bond donors (Lipinski definition) is 1. The number of aryl methyl sites for hydroxylation is 2. The van der Waals surface area contributed by atoms with Crippen LogP contribution in [0, 0.1) is 10.1 Å². The first-order valence-electron chi connectivity index (χ1n) is 5.96. The van der Waals surface area contributed by atoms with Crippen molar-refractivity contribution in [2.45, 2.75) is 19.4 Å². The van der Waals surface area contributed by atoms with Crippen LogP contribution in [0.2, 0.25) is 0 Å². The Morgan fingerprint density at radius 1 is 1.50 bits per heavy atom. The number of nitro groups is 1. The fourth-order valence-electron chi connectivity index (χ4n) is 1.82. The average molecular weight is 278 g/mol. The molecule has 0 aliphatic heterocycles. The van der Waals surface area contributed by atoms with Gasteiger partial charge in [-0.3, -0.25) is 24.3 Å². The maximum absolute atomic E-state index is 11.0. The van der Waals surface area contributed by atoms with E-state index in [4.69, 9.17) is 5.73 Å². The number of rotatable bonds is 6. The summed E-state index contributed by atoms with van der Waals surface area (Å²) in [5, 5.41) is 19.2. The van der Waals surface area contributed by atoms with Gasteiger partial charge in [0.05, 0.1) is 11.1 Å². The number of amides is 1. The molecule has 1 amide bonds. The van der Waals surface area contributed by atoms with Crippen molar-refractivity contribution in [3.63, 3.8) is 0 Å². The highest BCUT2D eigenvalue weighted by molar-refractivity contribution is 5.73. The summed E-state index contributed by atoms with van der Waals surface area (Å²) in [6, 6.07) is 0. The molecule has 2 rings (SSSR count). The van der Waals surface area contributed by atoms with Gasteiger partial charge in [-0.2, -0.15) is 10.2 Å². The Morgan fingerprint density at radius 3 is 2.80 bits per heavy atom. The van der Waals surface area contributed by atoms with Gasteiger partial charge in [-0.25, -0.2) is 0 Å². The van der Waals surface area contributed by atoms with Gasteiger partial charge >= 0.3 is 5.69 Å². The van der Waals surface area contributed by atoms with E-state index in [1.54, 1.807) is 17.9 Å². The van der Waals surface area contributed by atoms with Crippen molar-refractivity contribution >= 4 is 11.6 Å². The molecule has 0 atom stereocenters. The van der Waals surface area contributed by atoms with E-state index in [1.807, 2.05) is 0 Å². The van der Waals surface area contributed by atoms with Gasteiger partial charge in [0, 0.05) is 31.8 Å². The third-order valence-corrected chi connectivity index (χ3v) is 2.73. The van der Waals surface area contributed by atoms with Gasteiger partial charge in [-0.1, -0.05) is 0 Å². The minimum atomic E-state index is -0.486. The third kappa shape index (κ3) is 2.99. The van der Waals surface area contributed by atoms with E-state index in [2.05, 4.69) is 10.2 Å². The Morgan fingerprint density at radius 2 is 2.25 bits per heavy atom. The Hall–Kier alpha value is -2.71. The molecule has 0 bridgehead atoms. The van der Waals surface area contributed by atoms with Crippen LogP contribution >= 0.6 is 0 Å². The van der Waals surface area contributed by atoms with E-state index in [0.717, 1.165) is 0 Å². The molecule has 0 saturated heterocycles. The fraction of sp³-hybridized carbons (Fsp3) is 0.364. The highest BCUT2D eigenvalue weighted by Gasteiger charge is 2.21. The number of carbonyl (C=O) groups excluding carboxylic acids is 1. The topological polar surface area (TPSA) is 122 Å². The van der Waals surface area contributed by atoms with Crippen molar-refractivity contribution in [2.24, 2.45) is 12.8 Å². The SMILES string of the molecule is Cn1cc(-c2nn(CCCC(N)=O)cc2[N+](=O)[O-])cn1. The van der Waals surface area contributed by atoms with Gasteiger partial charge in [0.25, 0.3) is 0 Å². The Labute approximate surface area is 114 Å². The zero-order valence-corrected chi connectivity index (χ0v) is 10.9. The number of nitrogens with two attached hydrogens (primary N) is 1. The predicted molar refractivity (Wildman–Crippen MR) is 69.5 cm³/mol. The molecule has 0 aliphatic carbocycles. The van der Waals surface area contributed by atoms with Crippen LogP contribution in [0.5, 0.6) is 0 Å². The summed E-state index contributed by atoms with van der Waals surface area (Å²) in [6.07, 6.45) is 5.23. The van der Waals surface area contributed by atoms with Crippen molar-refractivity contribution in [1.29, 1.82) is 0 Å². The van der Waals surface area contributed by atoms with Crippen LogP contribution in [-0.2, 0) is 18.4 Å². The third-order valence-electron chi connectivity index (χ3n) is 2.73. The first kappa shape index (κ1) is 13.7. The summed E-state index contributed by atoms with van der Waals surface area (Å²) < 4.78 is 2.99. The van der Waals surface area contributed by atoms with Gasteiger partial charge in [-0.15, -0.1) is 0 Å². The molecular formula is C11H14N6O3.